The van der Waals surface area contributed by atoms with E-state index in [0.29, 0.717) is 6.54 Å². The molecule has 4 N–H and O–H groups in total. The van der Waals surface area contributed by atoms with Crippen molar-refractivity contribution in [2.45, 2.75) is 19.0 Å². The van der Waals surface area contributed by atoms with Crippen molar-refractivity contribution in [1.29, 1.82) is 0 Å². The first kappa shape index (κ1) is 13.6. The van der Waals surface area contributed by atoms with Gasteiger partial charge >= 0.3 is 5.97 Å². The fourth-order valence-electron chi connectivity index (χ4n) is 1.29. The zero-order chi connectivity index (χ0) is 12.9. The zero-order valence-electron chi connectivity index (χ0n) is 9.68. The number of carbonyl (C=O) groups is 1. The number of hydrogen-bond acceptors (Lipinski definition) is 4. The Morgan fingerprint density at radius 1 is 1.35 bits per heavy atom. The van der Waals surface area contributed by atoms with Crippen LogP contribution in [0.2, 0.25) is 0 Å². The van der Waals surface area contributed by atoms with Gasteiger partial charge in [-0.25, -0.2) is 4.79 Å². The van der Waals surface area contributed by atoms with E-state index in [1.165, 1.54) is 6.07 Å². The summed E-state index contributed by atoms with van der Waals surface area (Å²) in [5.74, 6) is -0.973. The topological polar surface area (TPSA) is 89.8 Å². The van der Waals surface area contributed by atoms with Gasteiger partial charge in [-0.1, -0.05) is 12.1 Å². The van der Waals surface area contributed by atoms with Gasteiger partial charge in [-0.05, 0) is 24.6 Å². The number of aliphatic hydroxyl groups excluding tert-OH is 2. The Balaban J connectivity index is 2.69. The molecule has 0 heterocycles. The summed E-state index contributed by atoms with van der Waals surface area (Å²) in [4.78, 5) is 10.8. The van der Waals surface area contributed by atoms with Crippen molar-refractivity contribution in [3.63, 3.8) is 0 Å². The molecule has 1 aromatic carbocycles. The lowest BCUT2D eigenvalue weighted by Gasteiger charge is -2.26. The fraction of sp³-hybridized carbons (Fsp3) is 0.417. The summed E-state index contributed by atoms with van der Waals surface area (Å²) in [5.41, 5.74) is 0.246. The lowest BCUT2D eigenvalue weighted by Crippen LogP contribution is -2.48. The van der Waals surface area contributed by atoms with Gasteiger partial charge in [0.1, 0.15) is 0 Å². The molecular formula is C12H17NO4. The van der Waals surface area contributed by atoms with Crippen molar-refractivity contribution in [2.24, 2.45) is 0 Å². The predicted molar refractivity (Wildman–Crippen MR) is 62.8 cm³/mol. The molecule has 0 amide bonds. The van der Waals surface area contributed by atoms with Crippen LogP contribution in [-0.2, 0) is 6.54 Å². The maximum Gasteiger partial charge on any atom is 0.335 e. The second-order valence-electron chi connectivity index (χ2n) is 4.24. The molecule has 0 saturated carbocycles. The second-order valence-corrected chi connectivity index (χ2v) is 4.24. The molecule has 5 heteroatoms. The Bertz CT molecular complexity index is 388. The summed E-state index contributed by atoms with van der Waals surface area (Å²) in [7, 11) is 0. The van der Waals surface area contributed by atoms with Crippen molar-refractivity contribution < 1.29 is 20.1 Å². The van der Waals surface area contributed by atoms with Crippen LogP contribution < -0.4 is 5.32 Å². The summed E-state index contributed by atoms with van der Waals surface area (Å²) >= 11 is 0. The summed E-state index contributed by atoms with van der Waals surface area (Å²) < 4.78 is 0. The third-order valence-corrected chi connectivity index (χ3v) is 2.59. The fourth-order valence-corrected chi connectivity index (χ4v) is 1.29. The zero-order valence-corrected chi connectivity index (χ0v) is 9.68. The third-order valence-electron chi connectivity index (χ3n) is 2.59. The highest BCUT2D eigenvalue weighted by atomic mass is 16.4. The van der Waals surface area contributed by atoms with Gasteiger partial charge in [-0.2, -0.15) is 0 Å². The lowest BCUT2D eigenvalue weighted by molar-refractivity contribution is 0.0696. The van der Waals surface area contributed by atoms with Crippen LogP contribution in [0.3, 0.4) is 0 Å². The standard InChI is InChI=1S/C12H17NO4/c1-12(7-14,8-15)13-6-9-3-2-4-10(5-9)11(16)17/h2-5,13-15H,6-8H2,1H3,(H,16,17). The van der Waals surface area contributed by atoms with E-state index in [-0.39, 0.29) is 18.8 Å². The van der Waals surface area contributed by atoms with Gasteiger partial charge < -0.3 is 20.6 Å². The lowest BCUT2D eigenvalue weighted by atomic mass is 10.0. The molecule has 0 saturated heterocycles. The predicted octanol–water partition coefficient (Wildman–Crippen LogP) is 0.218. The van der Waals surface area contributed by atoms with Gasteiger partial charge in [-0.15, -0.1) is 0 Å². The van der Waals surface area contributed by atoms with Crippen LogP contribution in [-0.4, -0.2) is 40.0 Å². The van der Waals surface area contributed by atoms with Crippen molar-refractivity contribution in [3.05, 3.63) is 35.4 Å². The number of benzene rings is 1. The third kappa shape index (κ3) is 3.81. The normalized spacial score (nSPS) is 11.5. The van der Waals surface area contributed by atoms with Gasteiger partial charge in [0.2, 0.25) is 0 Å². The van der Waals surface area contributed by atoms with Gasteiger partial charge in [0.05, 0.1) is 24.3 Å². The molecule has 1 rings (SSSR count). The summed E-state index contributed by atoms with van der Waals surface area (Å²) in [6, 6.07) is 6.53. The van der Waals surface area contributed by atoms with Crippen LogP contribution in [0.15, 0.2) is 24.3 Å². The van der Waals surface area contributed by atoms with Gasteiger partial charge in [0.25, 0.3) is 0 Å². The first-order valence-corrected chi connectivity index (χ1v) is 5.30. The summed E-state index contributed by atoms with van der Waals surface area (Å²) in [5, 5.41) is 30.0. The number of aliphatic hydroxyl groups is 2. The largest absolute Gasteiger partial charge is 0.478 e. The van der Waals surface area contributed by atoms with Crippen LogP contribution >= 0.6 is 0 Å². The molecule has 0 bridgehead atoms. The minimum atomic E-state index is -0.973. The number of aromatic carboxylic acids is 1. The molecule has 94 valence electrons. The molecule has 1 aromatic rings. The van der Waals surface area contributed by atoms with Crippen LogP contribution in [0.4, 0.5) is 0 Å². The number of carboxylic acid groups (broad SMARTS) is 1. The average Bonchev–Trinajstić information content (AvgIpc) is 2.36. The molecular weight excluding hydrogens is 222 g/mol. The molecule has 0 aliphatic carbocycles. The molecule has 0 aromatic heterocycles. The highest BCUT2D eigenvalue weighted by Crippen LogP contribution is 2.08. The second kappa shape index (κ2) is 5.77. The monoisotopic (exact) mass is 239 g/mol. The van der Waals surface area contributed by atoms with E-state index < -0.39 is 11.5 Å². The molecule has 0 aliphatic rings. The maximum absolute atomic E-state index is 10.8. The quantitative estimate of drug-likeness (QED) is 0.570. The Hall–Kier alpha value is -1.43. The molecule has 0 spiro atoms. The molecule has 0 fully saturated rings. The van der Waals surface area contributed by atoms with Crippen LogP contribution in [0.5, 0.6) is 0 Å². The minimum absolute atomic E-state index is 0.192. The average molecular weight is 239 g/mol. The van der Waals surface area contributed by atoms with Gasteiger partial charge in [0.15, 0.2) is 0 Å². The van der Waals surface area contributed by atoms with Crippen molar-refractivity contribution >= 4 is 5.97 Å². The van der Waals surface area contributed by atoms with Gasteiger partial charge in [-0.3, -0.25) is 0 Å². The SMILES string of the molecule is CC(CO)(CO)NCc1cccc(C(=O)O)c1. The first-order valence-electron chi connectivity index (χ1n) is 5.30. The Labute approximate surface area is 99.7 Å². The first-order chi connectivity index (χ1) is 8.00. The highest BCUT2D eigenvalue weighted by Gasteiger charge is 2.21. The number of rotatable bonds is 6. The van der Waals surface area contributed by atoms with Crippen LogP contribution in [0.1, 0.15) is 22.8 Å². The van der Waals surface area contributed by atoms with Crippen LogP contribution in [0.25, 0.3) is 0 Å². The van der Waals surface area contributed by atoms with Crippen molar-refractivity contribution in [1.82, 2.24) is 5.32 Å². The molecule has 0 unspecified atom stereocenters. The Kier molecular flexibility index (Phi) is 4.62. The van der Waals surface area contributed by atoms with E-state index in [1.807, 2.05) is 0 Å². The summed E-state index contributed by atoms with van der Waals surface area (Å²) in [6.07, 6.45) is 0. The minimum Gasteiger partial charge on any atom is -0.478 e. The number of nitrogens with one attached hydrogen (secondary N) is 1. The van der Waals surface area contributed by atoms with Crippen LogP contribution in [0, 0.1) is 0 Å². The number of carboxylic acids is 1. The van der Waals surface area contributed by atoms with Crippen molar-refractivity contribution in [2.75, 3.05) is 13.2 Å². The number of hydrogen-bond donors (Lipinski definition) is 4. The molecule has 17 heavy (non-hydrogen) atoms. The molecule has 5 nitrogen and oxygen atoms in total. The molecule has 0 atom stereocenters. The van der Waals surface area contributed by atoms with E-state index in [9.17, 15) is 4.79 Å². The van der Waals surface area contributed by atoms with Gasteiger partial charge in [0, 0.05) is 6.54 Å². The van der Waals surface area contributed by atoms with E-state index >= 15 is 0 Å². The van der Waals surface area contributed by atoms with Crippen molar-refractivity contribution in [3.8, 4) is 0 Å². The smallest absolute Gasteiger partial charge is 0.335 e. The Morgan fingerprint density at radius 2 is 2.00 bits per heavy atom. The highest BCUT2D eigenvalue weighted by molar-refractivity contribution is 5.87. The maximum atomic E-state index is 10.8. The van der Waals surface area contributed by atoms with E-state index in [0.717, 1.165) is 5.56 Å². The van der Waals surface area contributed by atoms with E-state index in [1.54, 1.807) is 25.1 Å². The molecule has 0 radical (unpaired) electrons. The Morgan fingerprint density at radius 3 is 2.53 bits per heavy atom. The summed E-state index contributed by atoms with van der Waals surface area (Å²) in [6.45, 7) is 1.69. The molecule has 0 aliphatic heterocycles. The van der Waals surface area contributed by atoms with E-state index in [4.69, 9.17) is 15.3 Å². The van der Waals surface area contributed by atoms with E-state index in [2.05, 4.69) is 5.32 Å².